The van der Waals surface area contributed by atoms with Crippen molar-refractivity contribution in [2.24, 2.45) is 0 Å². The minimum Gasteiger partial charge on any atom is -0.466 e. The van der Waals surface area contributed by atoms with E-state index in [9.17, 15) is 14.7 Å². The third kappa shape index (κ3) is 40.5. The molecule has 1 atom stereocenters. The fraction of sp³-hybridized carbons (Fsp3) is 0.778. The van der Waals surface area contributed by atoms with Gasteiger partial charge in [0.15, 0.2) is 0 Å². The lowest BCUT2D eigenvalue weighted by Crippen LogP contribution is -2.26. The standard InChI is InChI=1S/C45H80O7/c1-3-5-7-9-11-13-15-17-19-21-23-25-27-29-31-33-37-51-44(47)35-39-49-42-43(41-46)50-40-36-45(48)52-38-34-32-30-28-26-24-22-20-18-16-14-12-10-8-6-4-2/h11-14,17-20,43,46H,3-10,15-16,21-42H2,1-2H3/b13-11-,14-12-,19-17-,20-18-. The highest BCUT2D eigenvalue weighted by molar-refractivity contribution is 5.69. The molecule has 7 heteroatoms. The van der Waals surface area contributed by atoms with E-state index in [0.29, 0.717) is 13.2 Å². The number of aliphatic hydroxyl groups excluding tert-OH is 1. The molecule has 0 saturated carbocycles. The van der Waals surface area contributed by atoms with Gasteiger partial charge in [0.2, 0.25) is 0 Å². The zero-order valence-electron chi connectivity index (χ0n) is 33.7. The van der Waals surface area contributed by atoms with E-state index in [1.165, 1.54) is 96.3 Å². The summed E-state index contributed by atoms with van der Waals surface area (Å²) >= 11 is 0. The maximum atomic E-state index is 12.0. The molecule has 0 rings (SSSR count). The van der Waals surface area contributed by atoms with Crippen LogP contribution in [0.25, 0.3) is 0 Å². The Kier molecular flexibility index (Phi) is 41.3. The molecule has 0 aromatic rings. The van der Waals surface area contributed by atoms with Gasteiger partial charge in [0.1, 0.15) is 6.10 Å². The fourth-order valence-corrected chi connectivity index (χ4v) is 5.53. The molecule has 0 heterocycles. The van der Waals surface area contributed by atoms with Gasteiger partial charge in [-0.25, -0.2) is 0 Å². The van der Waals surface area contributed by atoms with Crippen molar-refractivity contribution in [2.75, 3.05) is 39.6 Å². The number of carbonyl (C=O) groups excluding carboxylic acids is 2. The lowest BCUT2D eigenvalue weighted by atomic mass is 10.1. The summed E-state index contributed by atoms with van der Waals surface area (Å²) in [5.41, 5.74) is 0. The number of hydrogen-bond acceptors (Lipinski definition) is 7. The van der Waals surface area contributed by atoms with Crippen molar-refractivity contribution in [3.63, 3.8) is 0 Å². The lowest BCUT2D eigenvalue weighted by Gasteiger charge is -2.15. The summed E-state index contributed by atoms with van der Waals surface area (Å²) in [6.45, 7) is 5.66. The van der Waals surface area contributed by atoms with Gasteiger partial charge in [-0.1, -0.05) is 140 Å². The molecule has 0 aliphatic heterocycles. The molecule has 1 unspecified atom stereocenters. The molecular weight excluding hydrogens is 652 g/mol. The Morgan fingerprint density at radius 1 is 0.481 bits per heavy atom. The van der Waals surface area contributed by atoms with E-state index < -0.39 is 6.10 Å². The largest absolute Gasteiger partial charge is 0.466 e. The Labute approximate surface area is 320 Å². The Morgan fingerprint density at radius 2 is 0.865 bits per heavy atom. The number of ether oxygens (including phenoxy) is 4. The molecule has 52 heavy (non-hydrogen) atoms. The van der Waals surface area contributed by atoms with Crippen molar-refractivity contribution in [3.8, 4) is 0 Å². The zero-order valence-corrected chi connectivity index (χ0v) is 33.7. The number of aliphatic hydroxyl groups is 1. The van der Waals surface area contributed by atoms with Gasteiger partial charge in [0.05, 0.1) is 52.5 Å². The van der Waals surface area contributed by atoms with E-state index in [1.54, 1.807) is 0 Å². The van der Waals surface area contributed by atoms with Gasteiger partial charge < -0.3 is 24.1 Å². The summed E-state index contributed by atoms with van der Waals surface area (Å²) in [6, 6.07) is 0. The zero-order chi connectivity index (χ0) is 37.8. The summed E-state index contributed by atoms with van der Waals surface area (Å²) in [4.78, 5) is 24.0. The molecule has 0 aromatic heterocycles. The maximum absolute atomic E-state index is 12.0. The average Bonchev–Trinajstić information content (AvgIpc) is 3.15. The van der Waals surface area contributed by atoms with Crippen LogP contribution in [0.15, 0.2) is 48.6 Å². The average molecular weight is 733 g/mol. The summed E-state index contributed by atoms with van der Waals surface area (Å²) in [7, 11) is 0. The third-order valence-corrected chi connectivity index (χ3v) is 8.83. The molecular formula is C45H80O7. The van der Waals surface area contributed by atoms with Crippen LogP contribution in [0.2, 0.25) is 0 Å². The van der Waals surface area contributed by atoms with Crippen LogP contribution in [0.1, 0.15) is 181 Å². The summed E-state index contributed by atoms with van der Waals surface area (Å²) < 4.78 is 21.7. The number of esters is 2. The van der Waals surface area contributed by atoms with Crippen molar-refractivity contribution in [1.29, 1.82) is 0 Å². The van der Waals surface area contributed by atoms with Crippen molar-refractivity contribution >= 4 is 11.9 Å². The second-order valence-electron chi connectivity index (χ2n) is 13.9. The molecule has 1 N–H and O–H groups in total. The number of rotatable bonds is 40. The third-order valence-electron chi connectivity index (χ3n) is 8.83. The first-order valence-corrected chi connectivity index (χ1v) is 21.3. The molecule has 0 fully saturated rings. The number of unbranched alkanes of at least 4 members (excludes halogenated alkanes) is 18. The van der Waals surface area contributed by atoms with Crippen LogP contribution in [0, 0.1) is 0 Å². The SMILES string of the molecule is CCCCC/C=C\C/C=C\CCCCCCCCOC(=O)CCOCC(CO)OCCC(=O)OCCCCCCCC/C=C\C/C=C\CCCCC. The van der Waals surface area contributed by atoms with Gasteiger partial charge in [-0.05, 0) is 77.0 Å². The van der Waals surface area contributed by atoms with Gasteiger partial charge in [-0.15, -0.1) is 0 Å². The van der Waals surface area contributed by atoms with Gasteiger partial charge in [0, 0.05) is 0 Å². The van der Waals surface area contributed by atoms with Gasteiger partial charge in [0.25, 0.3) is 0 Å². The van der Waals surface area contributed by atoms with E-state index >= 15 is 0 Å². The normalized spacial score (nSPS) is 12.6. The second kappa shape index (κ2) is 43.2. The van der Waals surface area contributed by atoms with Crippen molar-refractivity contribution in [3.05, 3.63) is 48.6 Å². The first kappa shape index (κ1) is 49.8. The number of allylic oxidation sites excluding steroid dienone is 8. The van der Waals surface area contributed by atoms with Crippen molar-refractivity contribution in [2.45, 2.75) is 187 Å². The molecule has 0 aliphatic carbocycles. The van der Waals surface area contributed by atoms with E-state index in [0.717, 1.165) is 57.8 Å². The first-order chi connectivity index (χ1) is 25.6. The maximum Gasteiger partial charge on any atom is 0.308 e. The smallest absolute Gasteiger partial charge is 0.308 e. The van der Waals surface area contributed by atoms with Crippen LogP contribution < -0.4 is 0 Å². The van der Waals surface area contributed by atoms with Crippen molar-refractivity contribution in [1.82, 2.24) is 0 Å². The first-order valence-electron chi connectivity index (χ1n) is 21.3. The Bertz CT molecular complexity index is 879. The molecule has 0 radical (unpaired) electrons. The van der Waals surface area contributed by atoms with Gasteiger partial charge in [-0.3, -0.25) is 9.59 Å². The Hall–Kier alpha value is -2.22. The fourth-order valence-electron chi connectivity index (χ4n) is 5.53. The predicted molar refractivity (Wildman–Crippen MR) is 218 cm³/mol. The Morgan fingerprint density at radius 3 is 1.29 bits per heavy atom. The lowest BCUT2D eigenvalue weighted by molar-refractivity contribution is -0.148. The molecule has 0 aliphatic rings. The molecule has 0 aromatic carbocycles. The van der Waals surface area contributed by atoms with Gasteiger partial charge in [-0.2, -0.15) is 0 Å². The quantitative estimate of drug-likeness (QED) is 0.0381. The molecule has 0 spiro atoms. The molecule has 0 bridgehead atoms. The highest BCUT2D eigenvalue weighted by Crippen LogP contribution is 2.10. The van der Waals surface area contributed by atoms with Crippen LogP contribution >= 0.6 is 0 Å². The van der Waals surface area contributed by atoms with Crippen molar-refractivity contribution < 1.29 is 33.6 Å². The summed E-state index contributed by atoms with van der Waals surface area (Å²) in [5, 5.41) is 9.56. The highest BCUT2D eigenvalue weighted by Gasteiger charge is 2.11. The van der Waals surface area contributed by atoms with Crippen LogP contribution in [-0.2, 0) is 28.5 Å². The van der Waals surface area contributed by atoms with Crippen LogP contribution in [0.4, 0.5) is 0 Å². The molecule has 0 amide bonds. The number of carbonyl (C=O) groups is 2. The predicted octanol–water partition coefficient (Wildman–Crippen LogP) is 11.9. The van der Waals surface area contributed by atoms with E-state index in [2.05, 4.69) is 62.5 Å². The van der Waals surface area contributed by atoms with E-state index in [-0.39, 0.29) is 51.2 Å². The molecule has 302 valence electrons. The topological polar surface area (TPSA) is 91.3 Å². The Balaban J connectivity index is 3.53. The van der Waals surface area contributed by atoms with Crippen LogP contribution in [-0.4, -0.2) is 62.8 Å². The summed E-state index contributed by atoms with van der Waals surface area (Å²) in [6.07, 6.45) is 46.3. The number of hydrogen-bond donors (Lipinski definition) is 1. The summed E-state index contributed by atoms with van der Waals surface area (Å²) in [5.74, 6) is -0.561. The van der Waals surface area contributed by atoms with Gasteiger partial charge >= 0.3 is 11.9 Å². The molecule has 0 saturated heterocycles. The molecule has 7 nitrogen and oxygen atoms in total. The monoisotopic (exact) mass is 733 g/mol. The second-order valence-corrected chi connectivity index (χ2v) is 13.9. The van der Waals surface area contributed by atoms with E-state index in [4.69, 9.17) is 18.9 Å². The minimum atomic E-state index is -0.547. The van der Waals surface area contributed by atoms with Crippen LogP contribution in [0.5, 0.6) is 0 Å². The minimum absolute atomic E-state index is 0.139. The van der Waals surface area contributed by atoms with Crippen LogP contribution in [0.3, 0.4) is 0 Å². The highest BCUT2D eigenvalue weighted by atomic mass is 16.6. The van der Waals surface area contributed by atoms with E-state index in [1.807, 2.05) is 0 Å².